The van der Waals surface area contributed by atoms with Crippen molar-refractivity contribution in [2.45, 2.75) is 352 Å². The zero-order chi connectivity index (χ0) is 62.4. The van der Waals surface area contributed by atoms with Gasteiger partial charge in [0.05, 0.1) is 25.4 Å². The first-order valence-corrected chi connectivity index (χ1v) is 35.5. The van der Waals surface area contributed by atoms with Crippen molar-refractivity contribution < 1.29 is 49.3 Å². The van der Waals surface area contributed by atoms with Crippen LogP contribution in [0, 0.1) is 0 Å². The topological polar surface area (TPSA) is 175 Å². The summed E-state index contributed by atoms with van der Waals surface area (Å²) in [6.45, 7) is 5.67. The van der Waals surface area contributed by atoms with Gasteiger partial charge in [0.1, 0.15) is 24.4 Å². The Balaban J connectivity index is 2.59. The summed E-state index contributed by atoms with van der Waals surface area (Å²) in [7, 11) is 0. The highest BCUT2D eigenvalue weighted by atomic mass is 16.7. The van der Waals surface area contributed by atoms with Gasteiger partial charge in [-0.3, -0.25) is 9.59 Å². The highest BCUT2D eigenvalue weighted by Gasteiger charge is 2.47. The van der Waals surface area contributed by atoms with Gasteiger partial charge in [-0.05, 0) is 103 Å². The summed E-state index contributed by atoms with van der Waals surface area (Å²) in [6, 6.07) is -1.04. The number of hydrogen-bond acceptors (Lipinski definition) is 10. The van der Waals surface area contributed by atoms with Crippen molar-refractivity contribution in [3.8, 4) is 0 Å². The minimum Gasteiger partial charge on any atom is -0.454 e. The molecule has 0 saturated carbocycles. The normalized spacial score (nSPS) is 18.9. The zero-order valence-corrected chi connectivity index (χ0v) is 55.2. The number of allylic oxidation sites excluding steroid dienone is 15. The summed E-state index contributed by atoms with van der Waals surface area (Å²) < 4.78 is 17.7. The molecule has 0 radical (unpaired) electrons. The summed E-state index contributed by atoms with van der Waals surface area (Å²) in [6.07, 6.45) is 73.0. The van der Waals surface area contributed by atoms with E-state index in [4.69, 9.17) is 14.2 Å². The van der Waals surface area contributed by atoms with Crippen LogP contribution in [0.1, 0.15) is 303 Å². The highest BCUT2D eigenvalue weighted by Crippen LogP contribution is 2.26. The number of carbonyl (C=O) groups excluding carboxylic acids is 2. The molecule has 1 aliphatic heterocycles. The van der Waals surface area contributed by atoms with Crippen LogP contribution in [0.25, 0.3) is 0 Å². The quantitative estimate of drug-likeness (QED) is 0.0195. The molecule has 496 valence electrons. The Hall–Kier alpha value is -3.42. The van der Waals surface area contributed by atoms with Crippen LogP contribution in [0.5, 0.6) is 0 Å². The minimum absolute atomic E-state index is 0.118. The second-order valence-corrected chi connectivity index (χ2v) is 24.2. The van der Waals surface area contributed by atoms with Crippen molar-refractivity contribution in [2.75, 3.05) is 13.2 Å². The molecule has 1 rings (SSSR count). The van der Waals surface area contributed by atoms with Gasteiger partial charge in [0.25, 0.3) is 0 Å². The minimum atomic E-state index is -1.62. The Morgan fingerprint density at radius 2 is 0.837 bits per heavy atom. The number of unbranched alkanes of at least 4 members (excludes halogenated alkanes) is 32. The zero-order valence-electron chi connectivity index (χ0n) is 55.2. The Morgan fingerprint density at radius 3 is 1.28 bits per heavy atom. The highest BCUT2D eigenvalue weighted by molar-refractivity contribution is 5.80. The Bertz CT molecular complexity index is 1770. The Labute approximate surface area is 526 Å². The second kappa shape index (κ2) is 61.8. The predicted molar refractivity (Wildman–Crippen MR) is 361 cm³/mol. The molecule has 1 aliphatic rings. The third-order valence-corrected chi connectivity index (χ3v) is 16.2. The number of aliphatic hydroxyl groups excluding tert-OH is 5. The standard InChI is InChI=1S/C75H131NO10/c1-4-7-10-13-16-19-22-25-27-29-31-33-35-37-39-41-43-45-48-51-54-57-60-63-70(80)86-73-72(82)71(81)69(64-77)85-75(73)84-65-66(67(78)61-58-55-52-49-46-24-21-18-15-12-9-6-3)76-74(83)68(79)62-59-56-53-50-47-44-42-40-38-36-34-32-30-28-26-23-20-17-14-11-8-5-2/h8,11,16-17,19-20,25-28,32,34,38,40,58,61,66-69,71-73,75,77-79,81-82H,4-7,9-10,12-15,18,21-24,29-31,33,35-37,39,41-57,59-60,62-65H2,1-3H3,(H,76,83)/b11-8-,19-16-,20-17-,27-25-,28-26-,34-32-,40-38-,61-58+. The molecule has 8 unspecified atom stereocenters. The molecule has 11 heteroatoms. The third-order valence-electron chi connectivity index (χ3n) is 16.2. The van der Waals surface area contributed by atoms with Crippen molar-refractivity contribution in [2.24, 2.45) is 0 Å². The fraction of sp³-hybridized carbons (Fsp3) is 0.760. The van der Waals surface area contributed by atoms with Crippen LogP contribution in [0.3, 0.4) is 0 Å². The van der Waals surface area contributed by atoms with E-state index in [2.05, 4.69) is 111 Å². The van der Waals surface area contributed by atoms with Crippen molar-refractivity contribution in [1.29, 1.82) is 0 Å². The van der Waals surface area contributed by atoms with Crippen LogP contribution >= 0.6 is 0 Å². The van der Waals surface area contributed by atoms with Crippen LogP contribution in [-0.4, -0.2) is 99.6 Å². The number of ether oxygens (including phenoxy) is 3. The van der Waals surface area contributed by atoms with E-state index in [0.29, 0.717) is 12.8 Å². The fourth-order valence-electron chi connectivity index (χ4n) is 10.7. The van der Waals surface area contributed by atoms with E-state index >= 15 is 0 Å². The lowest BCUT2D eigenvalue weighted by atomic mass is 9.99. The molecule has 11 nitrogen and oxygen atoms in total. The fourth-order valence-corrected chi connectivity index (χ4v) is 10.7. The van der Waals surface area contributed by atoms with Gasteiger partial charge in [0.15, 0.2) is 12.4 Å². The molecule has 86 heavy (non-hydrogen) atoms. The number of rotatable bonds is 60. The maximum atomic E-state index is 13.5. The van der Waals surface area contributed by atoms with E-state index < -0.39 is 67.4 Å². The van der Waals surface area contributed by atoms with Crippen molar-refractivity contribution in [3.63, 3.8) is 0 Å². The molecule has 0 aliphatic carbocycles. The molecule has 8 atom stereocenters. The first-order valence-electron chi connectivity index (χ1n) is 35.5. The monoisotopic (exact) mass is 1210 g/mol. The van der Waals surface area contributed by atoms with E-state index in [1.54, 1.807) is 6.08 Å². The molecule has 0 aromatic heterocycles. The lowest BCUT2D eigenvalue weighted by molar-refractivity contribution is -0.305. The smallest absolute Gasteiger partial charge is 0.306 e. The van der Waals surface area contributed by atoms with Crippen molar-refractivity contribution in [3.05, 3.63) is 97.2 Å². The molecule has 1 fully saturated rings. The van der Waals surface area contributed by atoms with Crippen LogP contribution in [0.15, 0.2) is 97.2 Å². The molecule has 0 aromatic carbocycles. The van der Waals surface area contributed by atoms with Gasteiger partial charge in [0, 0.05) is 6.42 Å². The van der Waals surface area contributed by atoms with Crippen molar-refractivity contribution in [1.82, 2.24) is 5.32 Å². The second-order valence-electron chi connectivity index (χ2n) is 24.2. The molecule has 6 N–H and O–H groups in total. The predicted octanol–water partition coefficient (Wildman–Crippen LogP) is 18.2. The van der Waals surface area contributed by atoms with E-state index in [9.17, 15) is 35.1 Å². The van der Waals surface area contributed by atoms with Crippen LogP contribution in [0.4, 0.5) is 0 Å². The SMILES string of the molecule is CC/C=C\C/C=C\C/C=C\C/C=C\C/C=C\CCCCCCCCC(O)C(=O)NC(COC1OC(CO)C(O)C(O)C1OC(=O)CCCCCCCCCCCCCCC/C=C\C/C=C\CCCCC)C(O)/C=C/CCCCCCCCCCCC. The van der Waals surface area contributed by atoms with Gasteiger partial charge in [-0.1, -0.05) is 291 Å². The number of esters is 1. The maximum Gasteiger partial charge on any atom is 0.306 e. The van der Waals surface area contributed by atoms with Gasteiger partial charge in [-0.15, -0.1) is 0 Å². The molecule has 0 bridgehead atoms. The van der Waals surface area contributed by atoms with Crippen LogP contribution in [-0.2, 0) is 23.8 Å². The molecule has 0 aromatic rings. The number of hydrogen-bond donors (Lipinski definition) is 6. The lowest BCUT2D eigenvalue weighted by Crippen LogP contribution is -2.61. The Morgan fingerprint density at radius 1 is 0.465 bits per heavy atom. The van der Waals surface area contributed by atoms with Crippen LogP contribution in [0.2, 0.25) is 0 Å². The summed E-state index contributed by atoms with van der Waals surface area (Å²) in [5, 5.41) is 57.2. The summed E-state index contributed by atoms with van der Waals surface area (Å²) >= 11 is 0. The summed E-state index contributed by atoms with van der Waals surface area (Å²) in [5.41, 5.74) is 0. The first kappa shape index (κ1) is 80.6. The number of aliphatic hydroxyl groups is 5. The maximum absolute atomic E-state index is 13.5. The molecule has 0 spiro atoms. The van der Waals surface area contributed by atoms with Gasteiger partial charge in [-0.25, -0.2) is 0 Å². The average Bonchev–Trinajstić information content (AvgIpc) is 3.59. The Kier molecular flexibility index (Phi) is 57.9. The summed E-state index contributed by atoms with van der Waals surface area (Å²) in [4.78, 5) is 26.7. The van der Waals surface area contributed by atoms with E-state index in [1.165, 1.54) is 141 Å². The molecule has 1 heterocycles. The van der Waals surface area contributed by atoms with Gasteiger partial charge in [0.2, 0.25) is 5.91 Å². The van der Waals surface area contributed by atoms with Gasteiger partial charge >= 0.3 is 5.97 Å². The van der Waals surface area contributed by atoms with Gasteiger partial charge in [-0.2, -0.15) is 0 Å². The largest absolute Gasteiger partial charge is 0.454 e. The van der Waals surface area contributed by atoms with E-state index in [-0.39, 0.29) is 19.4 Å². The number of amides is 1. The molecule has 1 amide bonds. The van der Waals surface area contributed by atoms with Crippen molar-refractivity contribution >= 4 is 11.9 Å². The number of nitrogens with one attached hydrogen (secondary N) is 1. The number of carbonyl (C=O) groups is 2. The van der Waals surface area contributed by atoms with E-state index in [0.717, 1.165) is 116 Å². The average molecular weight is 1210 g/mol. The van der Waals surface area contributed by atoms with Crippen LogP contribution < -0.4 is 5.32 Å². The molecular weight excluding hydrogens is 1070 g/mol. The lowest BCUT2D eigenvalue weighted by Gasteiger charge is -2.41. The first-order chi connectivity index (χ1) is 42.2. The molecular formula is C75H131NO10. The van der Waals surface area contributed by atoms with Gasteiger partial charge < -0.3 is 45.1 Å². The molecule has 1 saturated heterocycles. The summed E-state index contributed by atoms with van der Waals surface area (Å²) in [5.74, 6) is -1.20. The third kappa shape index (κ3) is 48.5. The van der Waals surface area contributed by atoms with E-state index in [1.807, 2.05) is 6.08 Å².